The minimum atomic E-state index is 0.356. The fourth-order valence-corrected chi connectivity index (χ4v) is 3.61. The predicted octanol–water partition coefficient (Wildman–Crippen LogP) is 3.75. The minimum Gasteiger partial charge on any atom is -0.377 e. The highest BCUT2D eigenvalue weighted by atomic mass is 79.9. The zero-order chi connectivity index (χ0) is 14.2. The van der Waals surface area contributed by atoms with Gasteiger partial charge >= 0.3 is 0 Å². The molecule has 1 saturated carbocycles. The molecule has 1 heterocycles. The summed E-state index contributed by atoms with van der Waals surface area (Å²) < 4.78 is 5.74. The molecule has 2 rings (SSSR count). The summed E-state index contributed by atoms with van der Waals surface area (Å²) in [6.07, 6.45) is 11.0. The van der Waals surface area contributed by atoms with Gasteiger partial charge in [0.25, 0.3) is 0 Å². The van der Waals surface area contributed by atoms with Crippen LogP contribution >= 0.6 is 15.9 Å². The van der Waals surface area contributed by atoms with E-state index < -0.39 is 0 Å². The first-order valence-corrected chi connectivity index (χ1v) is 9.37. The van der Waals surface area contributed by atoms with Crippen molar-refractivity contribution in [2.45, 2.75) is 63.9 Å². The van der Waals surface area contributed by atoms with Crippen LogP contribution < -0.4 is 0 Å². The first-order chi connectivity index (χ1) is 9.79. The van der Waals surface area contributed by atoms with E-state index >= 15 is 0 Å². The van der Waals surface area contributed by atoms with Gasteiger partial charge in [-0.1, -0.05) is 41.6 Å². The zero-order valence-electron chi connectivity index (χ0n) is 12.5. The van der Waals surface area contributed by atoms with Crippen LogP contribution in [-0.2, 0) is 9.53 Å². The van der Waals surface area contributed by atoms with E-state index in [2.05, 4.69) is 20.8 Å². The van der Waals surface area contributed by atoms with Gasteiger partial charge in [-0.2, -0.15) is 0 Å². The van der Waals surface area contributed by atoms with Crippen LogP contribution in [0.4, 0.5) is 0 Å². The fourth-order valence-electron chi connectivity index (χ4n) is 3.43. The van der Waals surface area contributed by atoms with Crippen LogP contribution in [0.2, 0.25) is 0 Å². The highest BCUT2D eigenvalue weighted by Crippen LogP contribution is 2.26. The number of alkyl halides is 1. The fraction of sp³-hybridized carbons (Fsp3) is 0.938. The summed E-state index contributed by atoms with van der Waals surface area (Å²) in [7, 11) is 0. The molecule has 2 fully saturated rings. The standard InChI is InChI=1S/C16H28BrNO2/c17-9-12-20-15-7-10-18(11-8-15)16(19)13-14-5-3-1-2-4-6-14/h14-15H,1-13H2. The van der Waals surface area contributed by atoms with E-state index in [9.17, 15) is 4.79 Å². The molecule has 1 amide bonds. The van der Waals surface area contributed by atoms with Crippen LogP contribution in [0.5, 0.6) is 0 Å². The lowest BCUT2D eigenvalue weighted by Crippen LogP contribution is -2.41. The van der Waals surface area contributed by atoms with Gasteiger partial charge in [0, 0.05) is 24.8 Å². The molecule has 4 heteroatoms. The molecule has 0 spiro atoms. The van der Waals surface area contributed by atoms with Gasteiger partial charge in [0.1, 0.15) is 0 Å². The van der Waals surface area contributed by atoms with E-state index in [0.29, 0.717) is 17.9 Å². The number of carbonyl (C=O) groups is 1. The summed E-state index contributed by atoms with van der Waals surface area (Å²) in [6, 6.07) is 0. The van der Waals surface area contributed by atoms with Crippen molar-refractivity contribution in [3.8, 4) is 0 Å². The Bertz CT molecular complexity index is 282. The van der Waals surface area contributed by atoms with E-state index in [1.807, 2.05) is 0 Å². The average molecular weight is 346 g/mol. The molecule has 0 N–H and O–H groups in total. The van der Waals surface area contributed by atoms with Gasteiger partial charge in [0.05, 0.1) is 12.7 Å². The van der Waals surface area contributed by atoms with Gasteiger partial charge in [-0.05, 0) is 31.6 Å². The summed E-state index contributed by atoms with van der Waals surface area (Å²) in [6.45, 7) is 2.55. The van der Waals surface area contributed by atoms with E-state index in [4.69, 9.17) is 4.74 Å². The summed E-state index contributed by atoms with van der Waals surface area (Å²) in [5.74, 6) is 1.03. The molecule has 3 nitrogen and oxygen atoms in total. The molecule has 20 heavy (non-hydrogen) atoms. The van der Waals surface area contributed by atoms with Crippen LogP contribution in [0, 0.1) is 5.92 Å². The molecule has 2 aliphatic rings. The third kappa shape index (κ3) is 5.36. The smallest absolute Gasteiger partial charge is 0.222 e. The number of nitrogens with zero attached hydrogens (tertiary/aromatic N) is 1. The van der Waals surface area contributed by atoms with Crippen LogP contribution in [-0.4, -0.2) is 41.9 Å². The van der Waals surface area contributed by atoms with Crippen molar-refractivity contribution < 1.29 is 9.53 Å². The van der Waals surface area contributed by atoms with Crippen molar-refractivity contribution in [1.29, 1.82) is 0 Å². The Balaban J connectivity index is 1.68. The van der Waals surface area contributed by atoms with Crippen LogP contribution in [0.25, 0.3) is 0 Å². The highest BCUT2D eigenvalue weighted by Gasteiger charge is 2.25. The van der Waals surface area contributed by atoms with Crippen molar-refractivity contribution in [3.05, 3.63) is 0 Å². The number of amides is 1. The topological polar surface area (TPSA) is 29.5 Å². The Morgan fingerprint density at radius 2 is 1.70 bits per heavy atom. The number of hydrogen-bond acceptors (Lipinski definition) is 2. The molecular formula is C16H28BrNO2. The van der Waals surface area contributed by atoms with Crippen LogP contribution in [0.3, 0.4) is 0 Å². The summed E-state index contributed by atoms with van der Waals surface area (Å²) >= 11 is 3.38. The third-order valence-corrected chi connectivity index (χ3v) is 4.99. The molecule has 1 aliphatic heterocycles. The quantitative estimate of drug-likeness (QED) is 0.561. The maximum atomic E-state index is 12.4. The van der Waals surface area contributed by atoms with E-state index in [0.717, 1.165) is 44.3 Å². The zero-order valence-corrected chi connectivity index (χ0v) is 14.1. The van der Waals surface area contributed by atoms with E-state index in [1.165, 1.54) is 38.5 Å². The normalized spacial score (nSPS) is 22.8. The number of hydrogen-bond donors (Lipinski definition) is 0. The van der Waals surface area contributed by atoms with Gasteiger partial charge in [0.15, 0.2) is 0 Å². The molecule has 0 bridgehead atoms. The third-order valence-electron chi connectivity index (χ3n) is 4.66. The number of likely N-dealkylation sites (tertiary alicyclic amines) is 1. The number of ether oxygens (including phenoxy) is 1. The lowest BCUT2D eigenvalue weighted by molar-refractivity contribution is -0.134. The lowest BCUT2D eigenvalue weighted by Gasteiger charge is -2.32. The van der Waals surface area contributed by atoms with Crippen LogP contribution in [0.15, 0.2) is 0 Å². The van der Waals surface area contributed by atoms with Crippen molar-refractivity contribution in [2.75, 3.05) is 25.0 Å². The van der Waals surface area contributed by atoms with Crippen molar-refractivity contribution in [2.24, 2.45) is 5.92 Å². The largest absolute Gasteiger partial charge is 0.377 e. The Labute approximate surface area is 131 Å². The Kier molecular flexibility index (Phi) is 7.36. The molecule has 116 valence electrons. The van der Waals surface area contributed by atoms with Crippen molar-refractivity contribution in [1.82, 2.24) is 4.90 Å². The molecule has 1 aliphatic carbocycles. The van der Waals surface area contributed by atoms with Crippen molar-refractivity contribution >= 4 is 21.8 Å². The number of rotatable bonds is 5. The molecule has 0 atom stereocenters. The molecule has 0 aromatic carbocycles. The Hall–Kier alpha value is -0.0900. The average Bonchev–Trinajstić information content (AvgIpc) is 2.74. The second kappa shape index (κ2) is 9.04. The molecule has 0 unspecified atom stereocenters. The monoisotopic (exact) mass is 345 g/mol. The van der Waals surface area contributed by atoms with Crippen LogP contribution in [0.1, 0.15) is 57.8 Å². The molecule has 0 aromatic rings. The summed E-state index contributed by atoms with van der Waals surface area (Å²) in [5, 5.41) is 0.897. The van der Waals surface area contributed by atoms with E-state index in [-0.39, 0.29) is 0 Å². The molecule has 0 radical (unpaired) electrons. The second-order valence-electron chi connectivity index (χ2n) is 6.20. The SMILES string of the molecule is O=C(CC1CCCCCC1)N1CCC(OCCBr)CC1. The van der Waals surface area contributed by atoms with Gasteiger partial charge < -0.3 is 9.64 Å². The van der Waals surface area contributed by atoms with Gasteiger partial charge in [-0.15, -0.1) is 0 Å². The maximum Gasteiger partial charge on any atom is 0.222 e. The first kappa shape index (κ1) is 16.3. The Morgan fingerprint density at radius 1 is 1.05 bits per heavy atom. The van der Waals surface area contributed by atoms with E-state index in [1.54, 1.807) is 0 Å². The Morgan fingerprint density at radius 3 is 2.30 bits per heavy atom. The second-order valence-corrected chi connectivity index (χ2v) is 6.99. The van der Waals surface area contributed by atoms with Gasteiger partial charge in [0.2, 0.25) is 5.91 Å². The number of piperidine rings is 1. The molecular weight excluding hydrogens is 318 g/mol. The number of carbonyl (C=O) groups excluding carboxylic acids is 1. The predicted molar refractivity (Wildman–Crippen MR) is 85.2 cm³/mol. The minimum absolute atomic E-state index is 0.356. The van der Waals surface area contributed by atoms with Gasteiger partial charge in [-0.3, -0.25) is 4.79 Å². The summed E-state index contributed by atoms with van der Waals surface area (Å²) in [5.41, 5.74) is 0. The number of halogens is 1. The maximum absolute atomic E-state index is 12.4. The first-order valence-electron chi connectivity index (χ1n) is 8.25. The summed E-state index contributed by atoms with van der Waals surface area (Å²) in [4.78, 5) is 14.4. The lowest BCUT2D eigenvalue weighted by atomic mass is 9.95. The molecule has 0 aromatic heterocycles. The van der Waals surface area contributed by atoms with Crippen molar-refractivity contribution in [3.63, 3.8) is 0 Å². The molecule has 1 saturated heterocycles. The van der Waals surface area contributed by atoms with Gasteiger partial charge in [-0.25, -0.2) is 0 Å². The highest BCUT2D eigenvalue weighted by molar-refractivity contribution is 9.09.